The number of thioether (sulfide) groups is 1. The number of aromatic nitrogens is 1. The summed E-state index contributed by atoms with van der Waals surface area (Å²) in [7, 11) is 0. The van der Waals surface area contributed by atoms with Gasteiger partial charge >= 0.3 is 0 Å². The van der Waals surface area contributed by atoms with Crippen molar-refractivity contribution in [2.24, 2.45) is 0 Å². The Morgan fingerprint density at radius 1 is 0.971 bits per heavy atom. The van der Waals surface area contributed by atoms with Crippen molar-refractivity contribution in [3.8, 4) is 28.5 Å². The highest BCUT2D eigenvalue weighted by atomic mass is 32.2. The zero-order chi connectivity index (χ0) is 23.9. The molecular formula is C26H18N4O3S. The number of hydrogen-bond donors (Lipinski definition) is 1. The molecule has 0 saturated heterocycles. The van der Waals surface area contributed by atoms with E-state index >= 15 is 0 Å². The summed E-state index contributed by atoms with van der Waals surface area (Å²) in [5.41, 5.74) is 3.46. The van der Waals surface area contributed by atoms with Crippen molar-refractivity contribution in [1.82, 2.24) is 4.98 Å². The molecule has 0 saturated carbocycles. The van der Waals surface area contributed by atoms with Gasteiger partial charge in [-0.05, 0) is 17.7 Å². The molecule has 34 heavy (non-hydrogen) atoms. The summed E-state index contributed by atoms with van der Waals surface area (Å²) >= 11 is 1.12. The molecule has 0 aliphatic rings. The van der Waals surface area contributed by atoms with Crippen LogP contribution in [0.25, 0.3) is 22.4 Å². The van der Waals surface area contributed by atoms with Gasteiger partial charge in [0, 0.05) is 17.2 Å². The van der Waals surface area contributed by atoms with E-state index in [1.807, 2.05) is 66.7 Å². The maximum Gasteiger partial charge on any atom is 0.292 e. The van der Waals surface area contributed by atoms with Gasteiger partial charge in [-0.2, -0.15) is 5.26 Å². The molecule has 1 aromatic heterocycles. The molecule has 4 aromatic rings. The Balaban J connectivity index is 1.66. The van der Waals surface area contributed by atoms with Crippen LogP contribution in [0.1, 0.15) is 5.56 Å². The van der Waals surface area contributed by atoms with Crippen molar-refractivity contribution >= 4 is 29.0 Å². The number of benzene rings is 3. The predicted octanol–water partition coefficient (Wildman–Crippen LogP) is 5.93. The van der Waals surface area contributed by atoms with Crippen molar-refractivity contribution in [3.05, 3.63) is 107 Å². The first-order valence-electron chi connectivity index (χ1n) is 10.3. The third-order valence-electron chi connectivity index (χ3n) is 4.97. The minimum atomic E-state index is -0.548. The molecule has 0 atom stereocenters. The van der Waals surface area contributed by atoms with Gasteiger partial charge < -0.3 is 5.32 Å². The van der Waals surface area contributed by atoms with Crippen LogP contribution in [0.3, 0.4) is 0 Å². The third-order valence-corrected chi connectivity index (χ3v) is 5.94. The number of para-hydroxylation sites is 2. The quantitative estimate of drug-likeness (QED) is 0.205. The lowest BCUT2D eigenvalue weighted by molar-refractivity contribution is -0.383. The van der Waals surface area contributed by atoms with Crippen molar-refractivity contribution in [3.63, 3.8) is 0 Å². The van der Waals surface area contributed by atoms with Crippen LogP contribution in [0.15, 0.2) is 96.0 Å². The van der Waals surface area contributed by atoms with E-state index in [0.29, 0.717) is 16.3 Å². The Labute approximate surface area is 200 Å². The minimum Gasteiger partial charge on any atom is -0.320 e. The van der Waals surface area contributed by atoms with Crippen LogP contribution in [0, 0.1) is 21.4 Å². The average molecular weight is 467 g/mol. The van der Waals surface area contributed by atoms with E-state index in [0.717, 1.165) is 28.5 Å². The highest BCUT2D eigenvalue weighted by Crippen LogP contribution is 2.34. The summed E-state index contributed by atoms with van der Waals surface area (Å²) in [6.45, 7) is 0. The molecular weight excluding hydrogens is 448 g/mol. The number of carbonyl (C=O) groups is 1. The van der Waals surface area contributed by atoms with Crippen LogP contribution < -0.4 is 5.32 Å². The molecule has 0 aliphatic heterocycles. The Morgan fingerprint density at radius 3 is 2.24 bits per heavy atom. The fourth-order valence-corrected chi connectivity index (χ4v) is 4.20. The number of carbonyl (C=O) groups excluding carboxylic acids is 1. The largest absolute Gasteiger partial charge is 0.320 e. The number of amides is 1. The van der Waals surface area contributed by atoms with E-state index in [1.54, 1.807) is 6.07 Å². The molecule has 1 heterocycles. The minimum absolute atomic E-state index is 0.0692. The number of nitriles is 1. The molecule has 4 rings (SSSR count). The summed E-state index contributed by atoms with van der Waals surface area (Å²) in [5, 5.41) is 24.2. The van der Waals surface area contributed by atoms with Crippen LogP contribution in [0.2, 0.25) is 0 Å². The van der Waals surface area contributed by atoms with Gasteiger partial charge in [-0.25, -0.2) is 4.98 Å². The highest BCUT2D eigenvalue weighted by Gasteiger charge is 2.18. The summed E-state index contributed by atoms with van der Waals surface area (Å²) in [4.78, 5) is 27.9. The van der Waals surface area contributed by atoms with E-state index < -0.39 is 10.8 Å². The second-order valence-corrected chi connectivity index (χ2v) is 8.15. The number of nitro benzene ring substituents is 1. The van der Waals surface area contributed by atoms with E-state index in [-0.39, 0.29) is 17.1 Å². The van der Waals surface area contributed by atoms with E-state index in [4.69, 9.17) is 0 Å². The first-order valence-corrected chi connectivity index (χ1v) is 11.3. The smallest absolute Gasteiger partial charge is 0.292 e. The second kappa shape index (κ2) is 10.4. The van der Waals surface area contributed by atoms with Gasteiger partial charge in [0.2, 0.25) is 5.91 Å². The predicted molar refractivity (Wildman–Crippen MR) is 132 cm³/mol. The van der Waals surface area contributed by atoms with Crippen molar-refractivity contribution in [2.75, 3.05) is 11.1 Å². The molecule has 1 N–H and O–H groups in total. The first-order chi connectivity index (χ1) is 16.6. The van der Waals surface area contributed by atoms with E-state index in [9.17, 15) is 20.2 Å². The van der Waals surface area contributed by atoms with Gasteiger partial charge in [0.05, 0.1) is 21.9 Å². The summed E-state index contributed by atoms with van der Waals surface area (Å²) < 4.78 is 0. The van der Waals surface area contributed by atoms with Crippen molar-refractivity contribution in [2.45, 2.75) is 5.03 Å². The Hall–Kier alpha value is -4.48. The molecule has 0 fully saturated rings. The Morgan fingerprint density at radius 2 is 1.59 bits per heavy atom. The fraction of sp³-hybridized carbons (Fsp3) is 0.0385. The number of nitro groups is 1. The average Bonchev–Trinajstić information content (AvgIpc) is 2.88. The third kappa shape index (κ3) is 5.11. The Bertz CT molecular complexity index is 1390. The van der Waals surface area contributed by atoms with Crippen LogP contribution in [-0.4, -0.2) is 21.6 Å². The van der Waals surface area contributed by atoms with E-state index in [2.05, 4.69) is 16.4 Å². The molecule has 0 bridgehead atoms. The van der Waals surface area contributed by atoms with Crippen LogP contribution in [-0.2, 0) is 4.79 Å². The first kappa shape index (κ1) is 22.7. The normalized spacial score (nSPS) is 10.3. The lowest BCUT2D eigenvalue weighted by atomic mass is 9.99. The zero-order valence-electron chi connectivity index (χ0n) is 17.8. The SMILES string of the molecule is N#Cc1c(-c2ccccc2)cc(-c2ccccc2)nc1SCC(=O)Nc1ccccc1[N+](=O)[O-]. The summed E-state index contributed by atoms with van der Waals surface area (Å²) in [6, 6.07) is 29.2. The highest BCUT2D eigenvalue weighted by molar-refractivity contribution is 8.00. The van der Waals surface area contributed by atoms with Crippen LogP contribution in [0.5, 0.6) is 0 Å². The van der Waals surface area contributed by atoms with Gasteiger partial charge in [-0.15, -0.1) is 0 Å². The molecule has 0 spiro atoms. The molecule has 3 aromatic carbocycles. The van der Waals surface area contributed by atoms with Crippen molar-refractivity contribution in [1.29, 1.82) is 5.26 Å². The van der Waals surface area contributed by atoms with E-state index in [1.165, 1.54) is 18.2 Å². The molecule has 0 radical (unpaired) electrons. The lowest BCUT2D eigenvalue weighted by Crippen LogP contribution is -2.15. The maximum absolute atomic E-state index is 12.6. The number of anilines is 1. The monoisotopic (exact) mass is 466 g/mol. The molecule has 8 heteroatoms. The molecule has 0 unspecified atom stereocenters. The second-order valence-electron chi connectivity index (χ2n) is 7.19. The number of nitrogens with zero attached hydrogens (tertiary/aromatic N) is 3. The zero-order valence-corrected chi connectivity index (χ0v) is 18.7. The number of nitrogens with one attached hydrogen (secondary N) is 1. The molecule has 1 amide bonds. The van der Waals surface area contributed by atoms with Crippen LogP contribution >= 0.6 is 11.8 Å². The van der Waals surface area contributed by atoms with Gasteiger partial charge in [0.25, 0.3) is 5.69 Å². The number of rotatable bonds is 7. The molecule has 166 valence electrons. The number of pyridine rings is 1. The van der Waals surface area contributed by atoms with Gasteiger partial charge in [0.15, 0.2) is 0 Å². The molecule has 7 nitrogen and oxygen atoms in total. The standard InChI is InChI=1S/C26H18N4O3S/c27-16-21-20(18-9-3-1-4-10-18)15-23(19-11-5-2-6-12-19)29-26(21)34-17-25(31)28-22-13-7-8-14-24(22)30(32)33/h1-15H,17H2,(H,28,31). The number of hydrogen-bond acceptors (Lipinski definition) is 6. The summed E-state index contributed by atoms with van der Waals surface area (Å²) in [6.07, 6.45) is 0. The van der Waals surface area contributed by atoms with Gasteiger partial charge in [-0.3, -0.25) is 14.9 Å². The van der Waals surface area contributed by atoms with Crippen LogP contribution in [0.4, 0.5) is 11.4 Å². The fourth-order valence-electron chi connectivity index (χ4n) is 3.40. The maximum atomic E-state index is 12.6. The molecule has 0 aliphatic carbocycles. The summed E-state index contributed by atoms with van der Waals surface area (Å²) in [5.74, 6) is -0.503. The topological polar surface area (TPSA) is 109 Å². The van der Waals surface area contributed by atoms with Crippen molar-refractivity contribution < 1.29 is 9.72 Å². The van der Waals surface area contributed by atoms with Gasteiger partial charge in [0.1, 0.15) is 16.8 Å². The van der Waals surface area contributed by atoms with Gasteiger partial charge in [-0.1, -0.05) is 84.6 Å². The lowest BCUT2D eigenvalue weighted by Gasteiger charge is -2.13. The Kier molecular flexibility index (Phi) is 6.96.